The van der Waals surface area contributed by atoms with E-state index >= 15 is 0 Å². The third-order valence-corrected chi connectivity index (χ3v) is 1.78. The second-order valence-corrected chi connectivity index (χ2v) is 4.10. The monoisotopic (exact) mass is 181 g/mol. The van der Waals surface area contributed by atoms with Gasteiger partial charge in [-0.3, -0.25) is 4.99 Å². The van der Waals surface area contributed by atoms with Gasteiger partial charge in [0, 0.05) is 11.4 Å². The Morgan fingerprint density at radius 3 is 2.31 bits per heavy atom. The first-order valence-electron chi connectivity index (χ1n) is 5.27. The highest BCUT2D eigenvalue weighted by Crippen LogP contribution is 2.13. The van der Waals surface area contributed by atoms with Crippen LogP contribution in [0.4, 0.5) is 0 Å². The highest BCUT2D eigenvalue weighted by atomic mass is 14.7. The van der Waals surface area contributed by atoms with Gasteiger partial charge in [-0.2, -0.15) is 0 Å². The molecule has 0 fully saturated rings. The Bertz CT molecular complexity index is 183. The molecule has 0 aliphatic carbocycles. The normalized spacial score (nSPS) is 12.0. The summed E-state index contributed by atoms with van der Waals surface area (Å²) in [6.45, 7) is 10.8. The predicted octanol–water partition coefficient (Wildman–Crippen LogP) is 4.20. The van der Waals surface area contributed by atoms with Crippen molar-refractivity contribution < 1.29 is 0 Å². The van der Waals surface area contributed by atoms with Gasteiger partial charge >= 0.3 is 0 Å². The van der Waals surface area contributed by atoms with Crippen LogP contribution >= 0.6 is 0 Å². The lowest BCUT2D eigenvalue weighted by molar-refractivity contribution is 0.582. The van der Waals surface area contributed by atoms with Gasteiger partial charge in [0.1, 0.15) is 0 Å². The standard InChI is InChI=1S/C12H23N/c1-6-7-12(13-11(4)5)9-8-10(2)3/h7,10H,6,8-9H2,1-5H3/b12-7-. The number of allylic oxidation sites excluding steroid dienone is 2. The van der Waals surface area contributed by atoms with E-state index in [1.54, 1.807) is 0 Å². The largest absolute Gasteiger partial charge is 0.263 e. The molecule has 0 atom stereocenters. The van der Waals surface area contributed by atoms with Crippen LogP contribution in [0.3, 0.4) is 0 Å². The second-order valence-electron chi connectivity index (χ2n) is 4.10. The molecule has 0 N–H and O–H groups in total. The van der Waals surface area contributed by atoms with E-state index in [0.717, 1.165) is 24.5 Å². The van der Waals surface area contributed by atoms with Crippen LogP contribution < -0.4 is 0 Å². The minimum atomic E-state index is 0.771. The van der Waals surface area contributed by atoms with Crippen molar-refractivity contribution in [2.45, 2.75) is 53.9 Å². The van der Waals surface area contributed by atoms with Gasteiger partial charge in [-0.05, 0) is 39.0 Å². The fraction of sp³-hybridized carbons (Fsp3) is 0.750. The molecule has 0 saturated carbocycles. The number of nitrogens with zero attached hydrogens (tertiary/aromatic N) is 1. The molecule has 0 radical (unpaired) electrons. The summed E-state index contributed by atoms with van der Waals surface area (Å²) in [6.07, 6.45) is 5.68. The molecular formula is C12H23N. The van der Waals surface area contributed by atoms with Gasteiger partial charge in [-0.1, -0.05) is 26.8 Å². The van der Waals surface area contributed by atoms with Crippen LogP contribution in [0.1, 0.15) is 53.9 Å². The summed E-state index contributed by atoms with van der Waals surface area (Å²) < 4.78 is 0. The third kappa shape index (κ3) is 7.76. The highest BCUT2D eigenvalue weighted by Gasteiger charge is 1.98. The van der Waals surface area contributed by atoms with Crippen LogP contribution in [0.15, 0.2) is 16.8 Å². The smallest absolute Gasteiger partial charge is 0.0362 e. The van der Waals surface area contributed by atoms with Crippen LogP contribution in [0.5, 0.6) is 0 Å². The fourth-order valence-electron chi connectivity index (χ4n) is 1.16. The van der Waals surface area contributed by atoms with Crippen LogP contribution in [0.25, 0.3) is 0 Å². The molecule has 1 heteroatoms. The molecule has 0 rings (SSSR count). The summed E-state index contributed by atoms with van der Waals surface area (Å²) in [6, 6.07) is 0. The Hall–Kier alpha value is -0.590. The van der Waals surface area contributed by atoms with E-state index < -0.39 is 0 Å². The van der Waals surface area contributed by atoms with Crippen LogP contribution in [0.2, 0.25) is 0 Å². The molecule has 0 amide bonds. The Balaban J connectivity index is 4.12. The zero-order valence-electron chi connectivity index (χ0n) is 9.72. The van der Waals surface area contributed by atoms with Gasteiger partial charge in [0.2, 0.25) is 0 Å². The Labute approximate surface area is 83.0 Å². The lowest BCUT2D eigenvalue weighted by atomic mass is 10.1. The topological polar surface area (TPSA) is 12.4 Å². The quantitative estimate of drug-likeness (QED) is 0.564. The van der Waals surface area contributed by atoms with Crippen molar-refractivity contribution in [1.82, 2.24) is 0 Å². The number of aliphatic imine (C=N–C) groups is 1. The molecular weight excluding hydrogens is 158 g/mol. The zero-order valence-corrected chi connectivity index (χ0v) is 9.72. The zero-order chi connectivity index (χ0) is 10.3. The van der Waals surface area contributed by atoms with Crippen molar-refractivity contribution in [3.63, 3.8) is 0 Å². The molecule has 1 nitrogen and oxygen atoms in total. The summed E-state index contributed by atoms with van der Waals surface area (Å²) in [4.78, 5) is 4.52. The van der Waals surface area contributed by atoms with Gasteiger partial charge in [-0.15, -0.1) is 0 Å². The summed E-state index contributed by atoms with van der Waals surface area (Å²) in [7, 11) is 0. The van der Waals surface area contributed by atoms with E-state index in [4.69, 9.17) is 0 Å². The first kappa shape index (κ1) is 12.4. The Kier molecular flexibility index (Phi) is 6.56. The van der Waals surface area contributed by atoms with Gasteiger partial charge in [0.15, 0.2) is 0 Å². The number of hydrogen-bond acceptors (Lipinski definition) is 1. The first-order chi connectivity index (χ1) is 6.06. The SMILES string of the molecule is CC/C=C(/CCC(C)C)N=C(C)C. The molecule has 0 saturated heterocycles. The maximum absolute atomic E-state index is 4.52. The van der Waals surface area contributed by atoms with E-state index in [1.165, 1.54) is 12.1 Å². The van der Waals surface area contributed by atoms with E-state index in [0.29, 0.717) is 0 Å². The molecule has 0 aromatic carbocycles. The molecule has 0 bridgehead atoms. The van der Waals surface area contributed by atoms with Crippen LogP contribution in [0, 0.1) is 5.92 Å². The maximum Gasteiger partial charge on any atom is 0.0362 e. The predicted molar refractivity (Wildman–Crippen MR) is 61.2 cm³/mol. The average molecular weight is 181 g/mol. The molecule has 0 spiro atoms. The molecule has 0 aromatic heterocycles. The van der Waals surface area contributed by atoms with Crippen molar-refractivity contribution in [3.8, 4) is 0 Å². The first-order valence-corrected chi connectivity index (χ1v) is 5.27. The van der Waals surface area contributed by atoms with Crippen molar-refractivity contribution in [3.05, 3.63) is 11.8 Å². The summed E-state index contributed by atoms with van der Waals surface area (Å²) in [5, 5.41) is 0. The summed E-state index contributed by atoms with van der Waals surface area (Å²) in [5.41, 5.74) is 2.42. The maximum atomic E-state index is 4.52. The summed E-state index contributed by atoms with van der Waals surface area (Å²) in [5.74, 6) is 0.771. The van der Waals surface area contributed by atoms with E-state index in [-0.39, 0.29) is 0 Å². The molecule has 0 heterocycles. The lowest BCUT2D eigenvalue weighted by Gasteiger charge is -2.05. The lowest BCUT2D eigenvalue weighted by Crippen LogP contribution is -1.91. The van der Waals surface area contributed by atoms with Gasteiger partial charge in [0.25, 0.3) is 0 Å². The Morgan fingerprint density at radius 2 is 1.92 bits per heavy atom. The molecule has 0 aromatic rings. The van der Waals surface area contributed by atoms with Crippen LogP contribution in [-0.2, 0) is 0 Å². The van der Waals surface area contributed by atoms with Crippen molar-refractivity contribution in [2.75, 3.05) is 0 Å². The molecule has 76 valence electrons. The number of hydrogen-bond donors (Lipinski definition) is 0. The average Bonchev–Trinajstić information content (AvgIpc) is 1.99. The van der Waals surface area contributed by atoms with Gasteiger partial charge in [0.05, 0.1) is 0 Å². The molecule has 0 unspecified atom stereocenters. The second kappa shape index (κ2) is 6.88. The van der Waals surface area contributed by atoms with E-state index in [1.807, 2.05) is 0 Å². The highest BCUT2D eigenvalue weighted by molar-refractivity contribution is 5.80. The van der Waals surface area contributed by atoms with Gasteiger partial charge in [-0.25, -0.2) is 0 Å². The summed E-state index contributed by atoms with van der Waals surface area (Å²) >= 11 is 0. The van der Waals surface area contributed by atoms with Gasteiger partial charge < -0.3 is 0 Å². The minimum absolute atomic E-state index is 0.771. The molecule has 0 aliphatic heterocycles. The fourth-order valence-corrected chi connectivity index (χ4v) is 1.16. The molecule has 13 heavy (non-hydrogen) atoms. The van der Waals surface area contributed by atoms with Crippen molar-refractivity contribution in [2.24, 2.45) is 10.9 Å². The van der Waals surface area contributed by atoms with E-state index in [9.17, 15) is 0 Å². The van der Waals surface area contributed by atoms with Crippen molar-refractivity contribution >= 4 is 5.71 Å². The minimum Gasteiger partial charge on any atom is -0.263 e. The third-order valence-electron chi connectivity index (χ3n) is 1.78. The molecule has 0 aliphatic rings. The van der Waals surface area contributed by atoms with E-state index in [2.05, 4.69) is 45.7 Å². The van der Waals surface area contributed by atoms with Crippen molar-refractivity contribution in [1.29, 1.82) is 0 Å². The number of rotatable bonds is 5. The van der Waals surface area contributed by atoms with Crippen LogP contribution in [-0.4, -0.2) is 5.71 Å². The Morgan fingerprint density at radius 1 is 1.31 bits per heavy atom.